The maximum absolute atomic E-state index is 9.13. The Balaban J connectivity index is 2.33. The molecular weight excluding hydrogens is 240 g/mol. The number of rotatable bonds is 3. The summed E-state index contributed by atoms with van der Waals surface area (Å²) in [6.07, 6.45) is 0.588. The predicted molar refractivity (Wildman–Crippen MR) is 76.6 cm³/mol. The summed E-state index contributed by atoms with van der Waals surface area (Å²) >= 11 is 0. The average Bonchev–Trinajstić information content (AvgIpc) is 2.39. The Bertz CT molecular complexity index is 422. The van der Waals surface area contributed by atoms with Crippen molar-refractivity contribution < 1.29 is 5.11 Å². The van der Waals surface area contributed by atoms with Crippen molar-refractivity contribution in [3.63, 3.8) is 0 Å². The lowest BCUT2D eigenvalue weighted by Crippen LogP contribution is -2.44. The molecule has 106 valence electrons. The van der Waals surface area contributed by atoms with Crippen LogP contribution in [-0.4, -0.2) is 47.9 Å². The van der Waals surface area contributed by atoms with Gasteiger partial charge in [0.05, 0.1) is 0 Å². The topological polar surface area (TPSA) is 61.3 Å². The first-order valence-electron chi connectivity index (χ1n) is 6.95. The first-order chi connectivity index (χ1) is 9.00. The molecule has 0 amide bonds. The molecule has 0 bridgehead atoms. The third-order valence-corrected chi connectivity index (χ3v) is 3.25. The summed E-state index contributed by atoms with van der Waals surface area (Å²) in [7, 11) is 0. The molecule has 0 aromatic carbocycles. The molecule has 0 aliphatic carbocycles. The van der Waals surface area contributed by atoms with E-state index in [2.05, 4.69) is 36.0 Å². The first kappa shape index (κ1) is 14.2. The largest absolute Gasteiger partial charge is 0.396 e. The van der Waals surface area contributed by atoms with Crippen molar-refractivity contribution in [2.75, 3.05) is 37.7 Å². The molecule has 5 nitrogen and oxygen atoms in total. The number of hydrogen-bond acceptors (Lipinski definition) is 5. The van der Waals surface area contributed by atoms with Crippen LogP contribution in [0.25, 0.3) is 0 Å². The average molecular weight is 264 g/mol. The van der Waals surface area contributed by atoms with Crippen LogP contribution in [0.15, 0.2) is 6.07 Å². The summed E-state index contributed by atoms with van der Waals surface area (Å²) in [5.74, 6) is 1.84. The highest BCUT2D eigenvalue weighted by Crippen LogP contribution is 2.22. The Hall–Kier alpha value is -1.20. The molecule has 1 aliphatic rings. The zero-order chi connectivity index (χ0) is 13.9. The summed E-state index contributed by atoms with van der Waals surface area (Å²) in [5, 5.41) is 12.5. The summed E-state index contributed by atoms with van der Waals surface area (Å²) in [6, 6.07) is 2.01. The van der Waals surface area contributed by atoms with E-state index >= 15 is 0 Å². The van der Waals surface area contributed by atoms with Gasteiger partial charge in [0.2, 0.25) is 0 Å². The van der Waals surface area contributed by atoms with Gasteiger partial charge in [0.15, 0.2) is 0 Å². The van der Waals surface area contributed by atoms with Gasteiger partial charge in [-0.1, -0.05) is 20.8 Å². The van der Waals surface area contributed by atoms with Crippen molar-refractivity contribution in [3.05, 3.63) is 17.6 Å². The third kappa shape index (κ3) is 3.64. The number of nitrogens with one attached hydrogen (secondary N) is 1. The molecular formula is C14H24N4O. The number of aromatic nitrogens is 2. The molecule has 2 heterocycles. The molecule has 1 fully saturated rings. The molecule has 1 aromatic rings. The van der Waals surface area contributed by atoms with Crippen LogP contribution in [0.2, 0.25) is 0 Å². The minimum Gasteiger partial charge on any atom is -0.396 e. The van der Waals surface area contributed by atoms with E-state index in [1.165, 1.54) is 0 Å². The smallest absolute Gasteiger partial charge is 0.136 e. The van der Waals surface area contributed by atoms with Gasteiger partial charge in [-0.2, -0.15) is 0 Å². The quantitative estimate of drug-likeness (QED) is 0.842. The molecule has 19 heavy (non-hydrogen) atoms. The van der Waals surface area contributed by atoms with Crippen LogP contribution in [0.5, 0.6) is 0 Å². The number of aliphatic hydroxyl groups excluding tert-OH is 1. The van der Waals surface area contributed by atoms with Crippen LogP contribution in [0.4, 0.5) is 5.82 Å². The molecule has 0 unspecified atom stereocenters. The lowest BCUT2D eigenvalue weighted by Gasteiger charge is -2.30. The van der Waals surface area contributed by atoms with E-state index < -0.39 is 0 Å². The monoisotopic (exact) mass is 264 g/mol. The molecule has 5 heteroatoms. The Morgan fingerprint density at radius 3 is 2.53 bits per heavy atom. The number of hydrogen-bond donors (Lipinski definition) is 2. The fourth-order valence-corrected chi connectivity index (χ4v) is 2.12. The van der Waals surface area contributed by atoms with Crippen LogP contribution >= 0.6 is 0 Å². The second-order valence-electron chi connectivity index (χ2n) is 6.00. The lowest BCUT2D eigenvalue weighted by molar-refractivity contribution is 0.297. The molecule has 0 atom stereocenters. The second kappa shape index (κ2) is 5.84. The highest BCUT2D eigenvalue weighted by molar-refractivity contribution is 5.41. The first-order valence-corrected chi connectivity index (χ1v) is 6.95. The van der Waals surface area contributed by atoms with E-state index in [4.69, 9.17) is 10.1 Å². The third-order valence-electron chi connectivity index (χ3n) is 3.25. The van der Waals surface area contributed by atoms with Crippen LogP contribution < -0.4 is 10.2 Å². The zero-order valence-electron chi connectivity index (χ0n) is 12.1. The van der Waals surface area contributed by atoms with Crippen molar-refractivity contribution in [1.82, 2.24) is 15.3 Å². The molecule has 1 saturated heterocycles. The molecule has 2 N–H and O–H groups in total. The Morgan fingerprint density at radius 2 is 1.95 bits per heavy atom. The van der Waals surface area contributed by atoms with Gasteiger partial charge in [0.1, 0.15) is 11.6 Å². The summed E-state index contributed by atoms with van der Waals surface area (Å²) in [6.45, 7) is 10.4. The molecule has 1 aliphatic heterocycles. The fraction of sp³-hybridized carbons (Fsp3) is 0.714. The molecule has 0 saturated carbocycles. The van der Waals surface area contributed by atoms with Crippen LogP contribution in [0.3, 0.4) is 0 Å². The highest BCUT2D eigenvalue weighted by Gasteiger charge is 2.21. The summed E-state index contributed by atoms with van der Waals surface area (Å²) in [4.78, 5) is 11.6. The maximum atomic E-state index is 9.13. The van der Waals surface area contributed by atoms with Gasteiger partial charge in [-0.15, -0.1) is 0 Å². The van der Waals surface area contributed by atoms with Crippen molar-refractivity contribution in [2.45, 2.75) is 32.6 Å². The van der Waals surface area contributed by atoms with Gasteiger partial charge >= 0.3 is 0 Å². The highest BCUT2D eigenvalue weighted by atomic mass is 16.3. The van der Waals surface area contributed by atoms with E-state index in [0.29, 0.717) is 6.42 Å². The Morgan fingerprint density at radius 1 is 1.26 bits per heavy atom. The predicted octanol–water partition coefficient (Wildman–Crippen LogP) is 0.718. The normalized spacial score (nSPS) is 16.7. The van der Waals surface area contributed by atoms with Crippen LogP contribution in [-0.2, 0) is 11.8 Å². The van der Waals surface area contributed by atoms with Gasteiger partial charge in [0.25, 0.3) is 0 Å². The molecule has 0 spiro atoms. The summed E-state index contributed by atoms with van der Waals surface area (Å²) in [5.41, 5.74) is 0.852. The van der Waals surface area contributed by atoms with Gasteiger partial charge < -0.3 is 15.3 Å². The minimum atomic E-state index is -0.0751. The van der Waals surface area contributed by atoms with Crippen molar-refractivity contribution in [2.24, 2.45) is 0 Å². The fourth-order valence-electron chi connectivity index (χ4n) is 2.12. The van der Waals surface area contributed by atoms with Crippen molar-refractivity contribution in [1.29, 1.82) is 0 Å². The number of nitrogens with zero attached hydrogens (tertiary/aromatic N) is 3. The standard InChI is InChI=1S/C14H24N4O/c1-14(2,3)13-16-11(4-9-19)10-12(17-13)18-7-5-15-6-8-18/h10,15,19H,4-9H2,1-3H3. The van der Waals surface area contributed by atoms with E-state index in [-0.39, 0.29) is 12.0 Å². The second-order valence-corrected chi connectivity index (χ2v) is 6.00. The van der Waals surface area contributed by atoms with Crippen LogP contribution in [0.1, 0.15) is 32.3 Å². The lowest BCUT2D eigenvalue weighted by atomic mass is 9.95. The van der Waals surface area contributed by atoms with Gasteiger partial charge in [-0.25, -0.2) is 9.97 Å². The zero-order valence-corrected chi connectivity index (χ0v) is 12.1. The maximum Gasteiger partial charge on any atom is 0.136 e. The Kier molecular flexibility index (Phi) is 4.37. The minimum absolute atomic E-state index is 0.0751. The van der Waals surface area contributed by atoms with E-state index in [1.54, 1.807) is 0 Å². The summed E-state index contributed by atoms with van der Waals surface area (Å²) < 4.78 is 0. The van der Waals surface area contributed by atoms with E-state index in [1.807, 2.05) is 6.07 Å². The molecule has 2 rings (SSSR count). The van der Waals surface area contributed by atoms with Gasteiger partial charge in [0, 0.05) is 56.4 Å². The molecule has 1 aromatic heterocycles. The SMILES string of the molecule is CC(C)(C)c1nc(CCO)cc(N2CCNCC2)n1. The van der Waals surface area contributed by atoms with Crippen LogP contribution in [0, 0.1) is 0 Å². The number of anilines is 1. The van der Waals surface area contributed by atoms with E-state index in [9.17, 15) is 0 Å². The van der Waals surface area contributed by atoms with Crippen molar-refractivity contribution >= 4 is 5.82 Å². The van der Waals surface area contributed by atoms with Crippen molar-refractivity contribution in [3.8, 4) is 0 Å². The number of piperazine rings is 1. The molecule has 0 radical (unpaired) electrons. The van der Waals surface area contributed by atoms with Gasteiger partial charge in [-0.3, -0.25) is 0 Å². The van der Waals surface area contributed by atoms with E-state index in [0.717, 1.165) is 43.5 Å². The van der Waals surface area contributed by atoms with Gasteiger partial charge in [-0.05, 0) is 0 Å². The number of aliphatic hydroxyl groups is 1. The Labute approximate surface area is 115 Å².